The van der Waals surface area contributed by atoms with Crippen molar-refractivity contribution in [2.24, 2.45) is 11.8 Å². The zero-order valence-electron chi connectivity index (χ0n) is 10.6. The zero-order chi connectivity index (χ0) is 13.1. The second-order valence-electron chi connectivity index (χ2n) is 5.02. The summed E-state index contributed by atoms with van der Waals surface area (Å²) in [6.45, 7) is 2.05. The molecule has 0 saturated heterocycles. The van der Waals surface area contributed by atoms with Crippen molar-refractivity contribution in [3.05, 3.63) is 35.4 Å². The maximum atomic E-state index is 13.6. The zero-order valence-corrected chi connectivity index (χ0v) is 10.6. The fourth-order valence-corrected chi connectivity index (χ4v) is 2.94. The van der Waals surface area contributed by atoms with Crippen LogP contribution >= 0.6 is 0 Å². The number of rotatable bonds is 3. The van der Waals surface area contributed by atoms with E-state index in [-0.39, 0.29) is 17.3 Å². The second-order valence-corrected chi connectivity index (χ2v) is 5.02. The Hall–Kier alpha value is -1.25. The lowest BCUT2D eigenvalue weighted by Crippen LogP contribution is -2.27. The molecule has 0 aliphatic heterocycles. The molecule has 2 atom stereocenters. The van der Waals surface area contributed by atoms with Crippen molar-refractivity contribution in [1.29, 1.82) is 0 Å². The first-order valence-electron chi connectivity index (χ1n) is 6.63. The van der Waals surface area contributed by atoms with E-state index in [4.69, 9.17) is 0 Å². The van der Waals surface area contributed by atoms with E-state index in [2.05, 4.69) is 6.92 Å². The molecule has 1 aliphatic carbocycles. The summed E-state index contributed by atoms with van der Waals surface area (Å²) in [6.07, 6.45) is 4.88. The molecule has 1 saturated carbocycles. The monoisotopic (exact) mass is 252 g/mol. The molecule has 2 unspecified atom stereocenters. The molecule has 1 fully saturated rings. The van der Waals surface area contributed by atoms with Gasteiger partial charge in [0.15, 0.2) is 17.4 Å². The minimum absolute atomic E-state index is 0.0830. The van der Waals surface area contributed by atoms with Gasteiger partial charge < -0.3 is 0 Å². The molecule has 0 spiro atoms. The van der Waals surface area contributed by atoms with Crippen LogP contribution in [0, 0.1) is 23.5 Å². The van der Waals surface area contributed by atoms with Gasteiger partial charge in [-0.3, -0.25) is 4.79 Å². The van der Waals surface area contributed by atoms with Gasteiger partial charge in [-0.25, -0.2) is 8.78 Å². The summed E-state index contributed by atoms with van der Waals surface area (Å²) < 4.78 is 26.8. The average molecular weight is 252 g/mol. The van der Waals surface area contributed by atoms with Crippen molar-refractivity contribution in [3.8, 4) is 0 Å². The molecular weight excluding hydrogens is 234 g/mol. The molecule has 0 aromatic heterocycles. The van der Waals surface area contributed by atoms with Gasteiger partial charge >= 0.3 is 0 Å². The largest absolute Gasteiger partial charge is 0.294 e. The standard InChI is InChI=1S/C15H18F2O/c1-2-10-6-3-4-7-11(10)15(18)12-8-5-9-13(16)14(12)17/h5,8-11H,2-4,6-7H2,1H3. The van der Waals surface area contributed by atoms with Gasteiger partial charge in [0, 0.05) is 5.92 Å². The Morgan fingerprint density at radius 3 is 2.72 bits per heavy atom. The van der Waals surface area contributed by atoms with Crippen LogP contribution in [0.1, 0.15) is 49.4 Å². The van der Waals surface area contributed by atoms with Gasteiger partial charge in [0.25, 0.3) is 0 Å². The van der Waals surface area contributed by atoms with E-state index >= 15 is 0 Å². The molecule has 1 aromatic carbocycles. The van der Waals surface area contributed by atoms with Crippen LogP contribution in [-0.2, 0) is 0 Å². The molecule has 0 bridgehead atoms. The summed E-state index contributed by atoms with van der Waals surface area (Å²) in [5.41, 5.74) is -0.0830. The van der Waals surface area contributed by atoms with Crippen LogP contribution in [0.15, 0.2) is 18.2 Å². The number of halogens is 2. The number of hydrogen-bond donors (Lipinski definition) is 0. The summed E-state index contributed by atoms with van der Waals surface area (Å²) in [5, 5.41) is 0. The number of carbonyl (C=O) groups excluding carboxylic acids is 1. The number of benzene rings is 1. The number of Topliss-reactive ketones (excluding diaryl/α,β-unsaturated/α-hetero) is 1. The van der Waals surface area contributed by atoms with Gasteiger partial charge in [-0.15, -0.1) is 0 Å². The van der Waals surface area contributed by atoms with E-state index in [1.807, 2.05) is 0 Å². The van der Waals surface area contributed by atoms with E-state index in [0.717, 1.165) is 38.2 Å². The molecule has 2 rings (SSSR count). The van der Waals surface area contributed by atoms with Crippen molar-refractivity contribution in [2.45, 2.75) is 39.0 Å². The third-order valence-corrected chi connectivity index (χ3v) is 3.99. The lowest BCUT2D eigenvalue weighted by molar-refractivity contribution is 0.0815. The molecular formula is C15H18F2O. The molecule has 98 valence electrons. The van der Waals surface area contributed by atoms with Crippen LogP contribution in [0.4, 0.5) is 8.78 Å². The average Bonchev–Trinajstić information content (AvgIpc) is 2.41. The van der Waals surface area contributed by atoms with E-state index in [0.29, 0.717) is 5.92 Å². The van der Waals surface area contributed by atoms with Crippen LogP contribution in [0.5, 0.6) is 0 Å². The van der Waals surface area contributed by atoms with E-state index < -0.39 is 11.6 Å². The lowest BCUT2D eigenvalue weighted by Gasteiger charge is -2.29. The van der Waals surface area contributed by atoms with Crippen molar-refractivity contribution in [3.63, 3.8) is 0 Å². The van der Waals surface area contributed by atoms with Gasteiger partial charge in [0.1, 0.15) is 0 Å². The SMILES string of the molecule is CCC1CCCCC1C(=O)c1cccc(F)c1F. The normalized spacial score (nSPS) is 23.9. The third kappa shape index (κ3) is 2.45. The Balaban J connectivity index is 2.27. The Kier molecular flexibility index (Phi) is 4.10. The van der Waals surface area contributed by atoms with Crippen LogP contribution < -0.4 is 0 Å². The minimum atomic E-state index is -0.997. The fourth-order valence-electron chi connectivity index (χ4n) is 2.94. The Bertz CT molecular complexity index is 442. The van der Waals surface area contributed by atoms with Crippen molar-refractivity contribution in [2.75, 3.05) is 0 Å². The molecule has 3 heteroatoms. The quantitative estimate of drug-likeness (QED) is 0.730. The van der Waals surface area contributed by atoms with Crippen LogP contribution in [0.25, 0.3) is 0 Å². The predicted molar refractivity (Wildman–Crippen MR) is 66.4 cm³/mol. The number of carbonyl (C=O) groups is 1. The van der Waals surface area contributed by atoms with Crippen molar-refractivity contribution < 1.29 is 13.6 Å². The highest BCUT2D eigenvalue weighted by Crippen LogP contribution is 2.35. The predicted octanol–water partition coefficient (Wildman–Crippen LogP) is 4.36. The molecule has 1 aromatic rings. The first-order valence-corrected chi connectivity index (χ1v) is 6.63. The number of ketones is 1. The lowest BCUT2D eigenvalue weighted by atomic mass is 9.74. The van der Waals surface area contributed by atoms with Crippen LogP contribution in [0.3, 0.4) is 0 Å². The highest BCUT2D eigenvalue weighted by molar-refractivity contribution is 5.98. The highest BCUT2D eigenvalue weighted by atomic mass is 19.2. The number of hydrogen-bond acceptors (Lipinski definition) is 1. The van der Waals surface area contributed by atoms with Gasteiger partial charge in [-0.05, 0) is 30.9 Å². The Labute approximate surface area is 106 Å². The molecule has 0 N–H and O–H groups in total. The van der Waals surface area contributed by atoms with E-state index in [1.165, 1.54) is 12.1 Å². The summed E-state index contributed by atoms with van der Waals surface area (Å²) in [7, 11) is 0. The first-order chi connectivity index (χ1) is 8.65. The first kappa shape index (κ1) is 13.2. The summed E-state index contributed by atoms with van der Waals surface area (Å²) in [5.74, 6) is -1.99. The Morgan fingerprint density at radius 2 is 2.00 bits per heavy atom. The molecule has 0 radical (unpaired) electrons. The van der Waals surface area contributed by atoms with Gasteiger partial charge in [-0.2, -0.15) is 0 Å². The van der Waals surface area contributed by atoms with Crippen molar-refractivity contribution in [1.82, 2.24) is 0 Å². The second kappa shape index (κ2) is 5.59. The summed E-state index contributed by atoms with van der Waals surface area (Å²) in [4.78, 5) is 12.3. The maximum Gasteiger partial charge on any atom is 0.169 e. The van der Waals surface area contributed by atoms with Gasteiger partial charge in [-0.1, -0.05) is 32.3 Å². The molecule has 18 heavy (non-hydrogen) atoms. The smallest absolute Gasteiger partial charge is 0.169 e. The molecule has 0 heterocycles. The van der Waals surface area contributed by atoms with Gasteiger partial charge in [0.2, 0.25) is 0 Å². The highest BCUT2D eigenvalue weighted by Gasteiger charge is 2.31. The topological polar surface area (TPSA) is 17.1 Å². The summed E-state index contributed by atoms with van der Waals surface area (Å²) in [6, 6.07) is 3.84. The molecule has 1 nitrogen and oxygen atoms in total. The molecule has 1 aliphatic rings. The van der Waals surface area contributed by atoms with Gasteiger partial charge in [0.05, 0.1) is 5.56 Å². The van der Waals surface area contributed by atoms with E-state index in [9.17, 15) is 13.6 Å². The van der Waals surface area contributed by atoms with Crippen LogP contribution in [-0.4, -0.2) is 5.78 Å². The third-order valence-electron chi connectivity index (χ3n) is 3.99. The van der Waals surface area contributed by atoms with Crippen molar-refractivity contribution >= 4 is 5.78 Å². The van der Waals surface area contributed by atoms with E-state index in [1.54, 1.807) is 0 Å². The van der Waals surface area contributed by atoms with Crippen LogP contribution in [0.2, 0.25) is 0 Å². The maximum absolute atomic E-state index is 13.6. The minimum Gasteiger partial charge on any atom is -0.294 e. The Morgan fingerprint density at radius 1 is 1.28 bits per heavy atom. The summed E-state index contributed by atoms with van der Waals surface area (Å²) >= 11 is 0. The molecule has 0 amide bonds. The fraction of sp³-hybridized carbons (Fsp3) is 0.533.